The van der Waals surface area contributed by atoms with Crippen LogP contribution in [0.3, 0.4) is 0 Å². The van der Waals surface area contributed by atoms with Gasteiger partial charge in [-0.25, -0.2) is 8.42 Å². The van der Waals surface area contributed by atoms with Gasteiger partial charge in [-0.05, 0) is 49.6 Å². The monoisotopic (exact) mass is 463 g/mol. The van der Waals surface area contributed by atoms with Crippen LogP contribution in [-0.4, -0.2) is 20.8 Å². The molecule has 0 fully saturated rings. The number of hydrogen-bond donors (Lipinski definition) is 0. The van der Waals surface area contributed by atoms with Gasteiger partial charge in [-0.1, -0.05) is 77.4 Å². The summed E-state index contributed by atoms with van der Waals surface area (Å²) in [5.74, 6) is 0.611. The molecule has 2 atom stereocenters. The van der Waals surface area contributed by atoms with Gasteiger partial charge in [0.1, 0.15) is 0 Å². The zero-order valence-electron chi connectivity index (χ0n) is 18.3. The molecule has 164 valence electrons. The first kappa shape index (κ1) is 21.3. The lowest BCUT2D eigenvalue weighted by Crippen LogP contribution is -2.57. The van der Waals surface area contributed by atoms with E-state index in [1.807, 2.05) is 43.3 Å². The number of nitrogens with zero attached hydrogens (tertiary/aromatic N) is 1. The summed E-state index contributed by atoms with van der Waals surface area (Å²) in [6.45, 7) is 4.51. The van der Waals surface area contributed by atoms with Crippen molar-refractivity contribution in [3.63, 3.8) is 0 Å². The molecule has 3 nitrogen and oxygen atoms in total. The normalized spacial score (nSPS) is 22.2. The maximum absolute atomic E-state index is 13.8. The van der Waals surface area contributed by atoms with E-state index in [1.165, 1.54) is 16.7 Å². The SMILES string of the molecule is CC1=C(CCCl)[C@@]2(c3ccccc3)c3ccccc3N(S(=O)(=O)c3ccc(C)cc3)C[C@@H]12. The number of alkyl halides is 1. The van der Waals surface area contributed by atoms with Crippen LogP contribution < -0.4 is 4.31 Å². The van der Waals surface area contributed by atoms with Gasteiger partial charge in [-0.3, -0.25) is 4.31 Å². The van der Waals surface area contributed by atoms with E-state index in [0.29, 0.717) is 17.3 Å². The smallest absolute Gasteiger partial charge is 0.264 e. The summed E-state index contributed by atoms with van der Waals surface area (Å²) in [7, 11) is -3.69. The molecule has 0 bridgehead atoms. The van der Waals surface area contributed by atoms with Gasteiger partial charge in [0, 0.05) is 18.3 Å². The molecule has 5 heteroatoms. The van der Waals surface area contributed by atoms with Crippen LogP contribution in [0.2, 0.25) is 0 Å². The summed E-state index contributed by atoms with van der Waals surface area (Å²) in [5.41, 5.74) is 6.29. The third-order valence-electron chi connectivity index (χ3n) is 7.13. The number of halogens is 1. The molecular weight excluding hydrogens is 438 g/mol. The third kappa shape index (κ3) is 2.89. The Morgan fingerprint density at radius 1 is 0.938 bits per heavy atom. The van der Waals surface area contributed by atoms with Crippen LogP contribution in [0.15, 0.2) is 94.9 Å². The Morgan fingerprint density at radius 2 is 1.59 bits per heavy atom. The number of fused-ring (bicyclic) bond motifs is 3. The summed E-state index contributed by atoms with van der Waals surface area (Å²) < 4.78 is 29.2. The Balaban J connectivity index is 1.74. The van der Waals surface area contributed by atoms with Gasteiger partial charge in [0.2, 0.25) is 0 Å². The van der Waals surface area contributed by atoms with E-state index in [2.05, 4.69) is 37.3 Å². The predicted octanol–water partition coefficient (Wildman–Crippen LogP) is 6.07. The molecule has 1 heterocycles. The van der Waals surface area contributed by atoms with E-state index in [1.54, 1.807) is 16.4 Å². The molecule has 0 aromatic heterocycles. The minimum atomic E-state index is -3.69. The number of hydrogen-bond acceptors (Lipinski definition) is 2. The van der Waals surface area contributed by atoms with Crippen LogP contribution in [0.4, 0.5) is 5.69 Å². The van der Waals surface area contributed by atoms with Gasteiger partial charge in [0.25, 0.3) is 10.0 Å². The van der Waals surface area contributed by atoms with Gasteiger partial charge in [-0.15, -0.1) is 11.6 Å². The summed E-state index contributed by atoms with van der Waals surface area (Å²) in [6, 6.07) is 25.5. The molecule has 3 aromatic carbocycles. The van der Waals surface area contributed by atoms with E-state index in [0.717, 1.165) is 23.2 Å². The average Bonchev–Trinajstić information content (AvgIpc) is 2.82. The fraction of sp³-hybridized carbons (Fsp3) is 0.259. The van der Waals surface area contributed by atoms with Crippen molar-refractivity contribution in [1.82, 2.24) is 0 Å². The lowest BCUT2D eigenvalue weighted by Gasteiger charge is -2.58. The average molecular weight is 464 g/mol. The first-order chi connectivity index (χ1) is 15.4. The minimum absolute atomic E-state index is 0.0678. The molecule has 32 heavy (non-hydrogen) atoms. The van der Waals surface area contributed by atoms with E-state index < -0.39 is 10.0 Å². The molecule has 1 aliphatic heterocycles. The number of para-hydroxylation sites is 1. The van der Waals surface area contributed by atoms with Crippen molar-refractivity contribution >= 4 is 27.3 Å². The fourth-order valence-corrected chi connectivity index (χ4v) is 7.36. The molecule has 0 N–H and O–H groups in total. The lowest BCUT2D eigenvalue weighted by atomic mass is 9.48. The third-order valence-corrected chi connectivity index (χ3v) is 9.11. The minimum Gasteiger partial charge on any atom is -0.265 e. The molecule has 1 aliphatic carbocycles. The largest absolute Gasteiger partial charge is 0.265 e. The van der Waals surface area contributed by atoms with Crippen LogP contribution >= 0.6 is 11.6 Å². The number of anilines is 1. The van der Waals surface area contributed by atoms with Crippen LogP contribution in [0.25, 0.3) is 0 Å². The first-order valence-electron chi connectivity index (χ1n) is 10.9. The maximum atomic E-state index is 13.8. The van der Waals surface area contributed by atoms with Crippen molar-refractivity contribution in [2.24, 2.45) is 5.92 Å². The van der Waals surface area contributed by atoms with Gasteiger partial charge < -0.3 is 0 Å². The lowest BCUT2D eigenvalue weighted by molar-refractivity contribution is 0.336. The topological polar surface area (TPSA) is 37.4 Å². The molecule has 0 amide bonds. The standard InChI is InChI=1S/C27H26ClNO2S/c1-19-12-14-22(15-13-19)32(30,31)29-18-25-20(2)23(16-17-28)27(25,21-8-4-3-5-9-21)24-10-6-7-11-26(24)29/h3-15,25H,16-18H2,1-2H3/t25-,27-/m0/s1. The van der Waals surface area contributed by atoms with Gasteiger partial charge in [-0.2, -0.15) is 0 Å². The number of rotatable bonds is 5. The molecule has 5 rings (SSSR count). The van der Waals surface area contributed by atoms with Crippen molar-refractivity contribution in [2.75, 3.05) is 16.7 Å². The second-order valence-corrected chi connectivity index (χ2v) is 10.9. The number of aryl methyl sites for hydroxylation is 1. The van der Waals surface area contributed by atoms with Crippen molar-refractivity contribution in [3.8, 4) is 0 Å². The summed E-state index contributed by atoms with van der Waals surface area (Å²) in [6.07, 6.45) is 0.790. The Kier molecular flexibility index (Phi) is 5.18. The van der Waals surface area contributed by atoms with Gasteiger partial charge in [0.05, 0.1) is 16.0 Å². The van der Waals surface area contributed by atoms with E-state index in [-0.39, 0.29) is 11.3 Å². The second kappa shape index (κ2) is 7.79. The molecule has 2 aliphatic rings. The van der Waals surface area contributed by atoms with Crippen LogP contribution in [-0.2, 0) is 15.4 Å². The number of allylic oxidation sites excluding steroid dienone is 1. The van der Waals surface area contributed by atoms with E-state index in [4.69, 9.17) is 11.6 Å². The van der Waals surface area contributed by atoms with Crippen molar-refractivity contribution in [3.05, 3.63) is 107 Å². The maximum Gasteiger partial charge on any atom is 0.264 e. The summed E-state index contributed by atoms with van der Waals surface area (Å²) in [4.78, 5) is 0.326. The quantitative estimate of drug-likeness (QED) is 0.340. The Bertz CT molecular complexity index is 1300. The molecular formula is C27H26ClNO2S. The van der Waals surface area contributed by atoms with Crippen LogP contribution in [0, 0.1) is 12.8 Å². The molecule has 0 saturated heterocycles. The molecule has 0 saturated carbocycles. The molecule has 0 spiro atoms. The predicted molar refractivity (Wildman–Crippen MR) is 131 cm³/mol. The van der Waals surface area contributed by atoms with Crippen molar-refractivity contribution in [1.29, 1.82) is 0 Å². The Morgan fingerprint density at radius 3 is 2.28 bits per heavy atom. The Labute approximate surface area is 195 Å². The molecule has 0 unspecified atom stereocenters. The highest BCUT2D eigenvalue weighted by molar-refractivity contribution is 7.92. The highest BCUT2D eigenvalue weighted by Gasteiger charge is 2.58. The zero-order chi connectivity index (χ0) is 22.5. The second-order valence-electron chi connectivity index (χ2n) is 8.69. The van der Waals surface area contributed by atoms with Crippen molar-refractivity contribution in [2.45, 2.75) is 30.6 Å². The zero-order valence-corrected chi connectivity index (χ0v) is 19.8. The van der Waals surface area contributed by atoms with Gasteiger partial charge in [0.15, 0.2) is 0 Å². The molecule has 3 aromatic rings. The molecule has 0 radical (unpaired) electrons. The van der Waals surface area contributed by atoms with Crippen LogP contribution in [0.5, 0.6) is 0 Å². The highest BCUT2D eigenvalue weighted by atomic mass is 35.5. The Hall–Kier alpha value is -2.56. The summed E-state index contributed by atoms with van der Waals surface area (Å²) in [5, 5.41) is 0. The van der Waals surface area contributed by atoms with Crippen LogP contribution in [0.1, 0.15) is 30.0 Å². The number of sulfonamides is 1. The first-order valence-corrected chi connectivity index (χ1v) is 12.9. The number of benzene rings is 3. The van der Waals surface area contributed by atoms with E-state index >= 15 is 0 Å². The highest BCUT2D eigenvalue weighted by Crippen LogP contribution is 2.63. The van der Waals surface area contributed by atoms with E-state index in [9.17, 15) is 8.42 Å². The summed E-state index contributed by atoms with van der Waals surface area (Å²) >= 11 is 6.24. The van der Waals surface area contributed by atoms with Gasteiger partial charge >= 0.3 is 0 Å². The van der Waals surface area contributed by atoms with Crippen molar-refractivity contribution < 1.29 is 8.42 Å². The fourth-order valence-electron chi connectivity index (χ4n) is 5.68.